The Bertz CT molecular complexity index is 577. The van der Waals surface area contributed by atoms with Crippen LogP contribution in [0.1, 0.15) is 15.9 Å². The zero-order valence-electron chi connectivity index (χ0n) is 9.92. The van der Waals surface area contributed by atoms with Crippen molar-refractivity contribution in [3.05, 3.63) is 35.8 Å². The quantitative estimate of drug-likeness (QED) is 0.708. The molecule has 0 radical (unpaired) electrons. The molecule has 5 N–H and O–H groups in total. The SMILES string of the molecule is Cn1cc(CNc2cnc(N)cc2C(N)=O)cn1. The van der Waals surface area contributed by atoms with Crippen LogP contribution >= 0.6 is 0 Å². The second-order valence-corrected chi connectivity index (χ2v) is 3.89. The highest BCUT2D eigenvalue weighted by molar-refractivity contribution is 5.98. The lowest BCUT2D eigenvalue weighted by molar-refractivity contribution is 0.100. The fraction of sp³-hybridized carbons (Fsp3) is 0.182. The van der Waals surface area contributed by atoms with Gasteiger partial charge in [-0.05, 0) is 6.07 Å². The molecule has 0 aliphatic carbocycles. The van der Waals surface area contributed by atoms with Crippen molar-refractivity contribution in [1.29, 1.82) is 0 Å². The van der Waals surface area contributed by atoms with Crippen LogP contribution < -0.4 is 16.8 Å². The van der Waals surface area contributed by atoms with Gasteiger partial charge in [0.15, 0.2) is 0 Å². The van der Waals surface area contributed by atoms with Crippen LogP contribution in [0.4, 0.5) is 11.5 Å². The lowest BCUT2D eigenvalue weighted by Crippen LogP contribution is -2.15. The number of carbonyl (C=O) groups excluding carboxylic acids is 1. The molecule has 7 nitrogen and oxygen atoms in total. The van der Waals surface area contributed by atoms with E-state index in [0.29, 0.717) is 17.8 Å². The minimum atomic E-state index is -0.544. The molecule has 0 saturated heterocycles. The predicted octanol–water partition coefficient (Wildman–Crippen LogP) is 0.108. The zero-order chi connectivity index (χ0) is 13.1. The Morgan fingerprint density at radius 1 is 1.50 bits per heavy atom. The van der Waals surface area contributed by atoms with Crippen LogP contribution in [-0.2, 0) is 13.6 Å². The first kappa shape index (κ1) is 11.9. The van der Waals surface area contributed by atoms with Crippen molar-refractivity contribution in [1.82, 2.24) is 14.8 Å². The van der Waals surface area contributed by atoms with Gasteiger partial charge in [0, 0.05) is 25.4 Å². The van der Waals surface area contributed by atoms with Crippen LogP contribution in [0, 0.1) is 0 Å². The van der Waals surface area contributed by atoms with Crippen molar-refractivity contribution < 1.29 is 4.79 Å². The Morgan fingerprint density at radius 3 is 2.89 bits per heavy atom. The van der Waals surface area contributed by atoms with Gasteiger partial charge in [-0.1, -0.05) is 0 Å². The summed E-state index contributed by atoms with van der Waals surface area (Å²) >= 11 is 0. The largest absolute Gasteiger partial charge is 0.384 e. The van der Waals surface area contributed by atoms with Crippen molar-refractivity contribution in [2.75, 3.05) is 11.1 Å². The molecule has 1 amide bonds. The van der Waals surface area contributed by atoms with Gasteiger partial charge >= 0.3 is 0 Å². The van der Waals surface area contributed by atoms with Crippen LogP contribution in [0.15, 0.2) is 24.7 Å². The first-order valence-electron chi connectivity index (χ1n) is 5.33. The van der Waals surface area contributed by atoms with Gasteiger partial charge in [0.1, 0.15) is 5.82 Å². The molecule has 0 bridgehead atoms. The summed E-state index contributed by atoms with van der Waals surface area (Å²) in [5.74, 6) is -0.284. The summed E-state index contributed by atoms with van der Waals surface area (Å²) in [5.41, 5.74) is 12.7. The molecule has 2 aromatic rings. The predicted molar refractivity (Wildman–Crippen MR) is 67.7 cm³/mol. The molecule has 94 valence electrons. The van der Waals surface area contributed by atoms with Crippen molar-refractivity contribution >= 4 is 17.4 Å². The van der Waals surface area contributed by atoms with Crippen molar-refractivity contribution in [3.8, 4) is 0 Å². The third-order valence-corrected chi connectivity index (χ3v) is 2.43. The highest BCUT2D eigenvalue weighted by atomic mass is 16.1. The number of hydrogen-bond acceptors (Lipinski definition) is 5. The van der Waals surface area contributed by atoms with Crippen molar-refractivity contribution in [2.45, 2.75) is 6.54 Å². The standard InChI is InChI=1S/C11H14N6O/c1-17-6-7(4-16-17)3-14-9-5-15-10(12)2-8(9)11(13)18/h2,4-6,14H,3H2,1H3,(H2,12,15)(H2,13,18). The monoisotopic (exact) mass is 246 g/mol. The van der Waals surface area contributed by atoms with Crippen LogP contribution in [0.3, 0.4) is 0 Å². The Labute approximate surface area is 104 Å². The van der Waals surface area contributed by atoms with E-state index in [0.717, 1.165) is 5.56 Å². The Kier molecular flexibility index (Phi) is 3.13. The fourth-order valence-electron chi connectivity index (χ4n) is 1.58. The number of nitrogen functional groups attached to an aromatic ring is 1. The average molecular weight is 246 g/mol. The average Bonchev–Trinajstić information content (AvgIpc) is 2.73. The number of anilines is 2. The number of aryl methyl sites for hydroxylation is 1. The normalized spacial score (nSPS) is 10.3. The van der Waals surface area contributed by atoms with E-state index in [1.165, 1.54) is 12.3 Å². The molecule has 0 spiro atoms. The number of primary amides is 1. The third kappa shape index (κ3) is 2.57. The molecule has 2 aromatic heterocycles. The van der Waals surface area contributed by atoms with Crippen LogP contribution in [0.25, 0.3) is 0 Å². The van der Waals surface area contributed by atoms with Crippen LogP contribution in [0.5, 0.6) is 0 Å². The van der Waals surface area contributed by atoms with E-state index >= 15 is 0 Å². The second-order valence-electron chi connectivity index (χ2n) is 3.89. The Morgan fingerprint density at radius 2 is 2.28 bits per heavy atom. The number of rotatable bonds is 4. The number of amides is 1. The Hall–Kier alpha value is -2.57. The van der Waals surface area contributed by atoms with E-state index in [1.54, 1.807) is 10.9 Å². The fourth-order valence-corrected chi connectivity index (χ4v) is 1.58. The number of nitrogens with two attached hydrogens (primary N) is 2. The third-order valence-electron chi connectivity index (χ3n) is 2.43. The molecule has 7 heteroatoms. The molecule has 0 unspecified atom stereocenters. The molecule has 2 heterocycles. The van der Waals surface area contributed by atoms with Crippen molar-refractivity contribution in [2.24, 2.45) is 12.8 Å². The van der Waals surface area contributed by atoms with Gasteiger partial charge in [-0.2, -0.15) is 5.10 Å². The van der Waals surface area contributed by atoms with E-state index in [1.807, 2.05) is 13.2 Å². The summed E-state index contributed by atoms with van der Waals surface area (Å²) in [4.78, 5) is 15.2. The van der Waals surface area contributed by atoms with Gasteiger partial charge in [-0.3, -0.25) is 9.48 Å². The van der Waals surface area contributed by atoms with Gasteiger partial charge in [-0.25, -0.2) is 4.98 Å². The van der Waals surface area contributed by atoms with E-state index in [4.69, 9.17) is 11.5 Å². The van der Waals surface area contributed by atoms with Crippen molar-refractivity contribution in [3.63, 3.8) is 0 Å². The summed E-state index contributed by atoms with van der Waals surface area (Å²) < 4.78 is 1.70. The molecule has 0 aliphatic heterocycles. The first-order valence-corrected chi connectivity index (χ1v) is 5.33. The number of hydrogen-bond donors (Lipinski definition) is 3. The van der Waals surface area contributed by atoms with Crippen LogP contribution in [-0.4, -0.2) is 20.7 Å². The molecular formula is C11H14N6O. The topological polar surface area (TPSA) is 112 Å². The van der Waals surface area contributed by atoms with E-state index < -0.39 is 5.91 Å². The van der Waals surface area contributed by atoms with Crippen LogP contribution in [0.2, 0.25) is 0 Å². The first-order chi connectivity index (χ1) is 8.56. The molecular weight excluding hydrogens is 232 g/mol. The molecule has 0 aliphatic rings. The molecule has 2 rings (SSSR count). The number of nitrogens with zero attached hydrogens (tertiary/aromatic N) is 3. The number of aromatic nitrogens is 3. The highest BCUT2D eigenvalue weighted by Gasteiger charge is 2.09. The molecule has 0 aromatic carbocycles. The van der Waals surface area contributed by atoms with E-state index in [9.17, 15) is 4.79 Å². The maximum atomic E-state index is 11.3. The number of pyridine rings is 1. The minimum Gasteiger partial charge on any atom is -0.384 e. The maximum Gasteiger partial charge on any atom is 0.250 e. The highest BCUT2D eigenvalue weighted by Crippen LogP contribution is 2.16. The minimum absolute atomic E-state index is 0.260. The summed E-state index contributed by atoms with van der Waals surface area (Å²) in [6.45, 7) is 0.527. The van der Waals surface area contributed by atoms with Gasteiger partial charge in [0.25, 0.3) is 5.91 Å². The maximum absolute atomic E-state index is 11.3. The summed E-state index contributed by atoms with van der Waals surface area (Å²) in [6.07, 6.45) is 5.11. The second kappa shape index (κ2) is 4.74. The number of carbonyl (C=O) groups is 1. The van der Waals surface area contributed by atoms with Gasteiger partial charge in [0.2, 0.25) is 0 Å². The molecule has 18 heavy (non-hydrogen) atoms. The van der Waals surface area contributed by atoms with Gasteiger partial charge < -0.3 is 16.8 Å². The van der Waals surface area contributed by atoms with Gasteiger partial charge in [-0.15, -0.1) is 0 Å². The van der Waals surface area contributed by atoms with Gasteiger partial charge in [0.05, 0.1) is 23.6 Å². The van der Waals surface area contributed by atoms with E-state index in [-0.39, 0.29) is 5.82 Å². The lowest BCUT2D eigenvalue weighted by atomic mass is 10.2. The zero-order valence-corrected chi connectivity index (χ0v) is 9.92. The van der Waals surface area contributed by atoms with E-state index in [2.05, 4.69) is 15.4 Å². The Balaban J connectivity index is 2.16. The molecule has 0 atom stereocenters. The summed E-state index contributed by atoms with van der Waals surface area (Å²) in [6, 6.07) is 1.45. The smallest absolute Gasteiger partial charge is 0.250 e. The number of nitrogens with one attached hydrogen (secondary N) is 1. The summed E-state index contributed by atoms with van der Waals surface area (Å²) in [7, 11) is 1.84. The lowest BCUT2D eigenvalue weighted by Gasteiger charge is -2.09. The molecule has 0 fully saturated rings. The summed E-state index contributed by atoms with van der Waals surface area (Å²) in [5, 5.41) is 7.13. The molecule has 0 saturated carbocycles.